The molecule has 0 saturated carbocycles. The van der Waals surface area contributed by atoms with Crippen molar-refractivity contribution in [3.05, 3.63) is 35.4 Å². The minimum Gasteiger partial charge on any atom is -0.379 e. The van der Waals surface area contributed by atoms with Crippen LogP contribution >= 0.6 is 0 Å². The molecule has 3 N–H and O–H groups in total. The number of aliphatic imine (C=N–C) groups is 1. The number of nitrogens with two attached hydrogens (primary N) is 1. The highest BCUT2D eigenvalue weighted by Crippen LogP contribution is 2.11. The zero-order chi connectivity index (χ0) is 17.2. The van der Waals surface area contributed by atoms with Crippen LogP contribution in [-0.2, 0) is 17.8 Å². The second kappa shape index (κ2) is 10.3. The average molecular weight is 333 g/mol. The molecule has 1 aliphatic heterocycles. The second-order valence-electron chi connectivity index (χ2n) is 6.44. The van der Waals surface area contributed by atoms with Gasteiger partial charge in [-0.05, 0) is 38.2 Å². The summed E-state index contributed by atoms with van der Waals surface area (Å²) in [6.45, 7) is 7.23. The molecule has 1 heterocycles. The molecule has 1 aliphatic rings. The van der Waals surface area contributed by atoms with Crippen molar-refractivity contribution < 1.29 is 4.74 Å². The van der Waals surface area contributed by atoms with Crippen molar-refractivity contribution in [3.8, 4) is 0 Å². The summed E-state index contributed by atoms with van der Waals surface area (Å²) < 4.78 is 5.35. The zero-order valence-electron chi connectivity index (χ0n) is 15.0. The molecule has 1 fully saturated rings. The van der Waals surface area contributed by atoms with Gasteiger partial charge in [0.15, 0.2) is 5.96 Å². The molecule has 6 nitrogen and oxygen atoms in total. The number of morpholine rings is 1. The first-order chi connectivity index (χ1) is 11.6. The predicted octanol–water partition coefficient (Wildman–Crippen LogP) is 0.875. The molecule has 134 valence electrons. The van der Waals surface area contributed by atoms with Gasteiger partial charge in [-0.1, -0.05) is 24.3 Å². The Morgan fingerprint density at radius 2 is 1.96 bits per heavy atom. The van der Waals surface area contributed by atoms with Crippen molar-refractivity contribution in [1.82, 2.24) is 15.1 Å². The number of hydrogen-bond acceptors (Lipinski definition) is 4. The van der Waals surface area contributed by atoms with Gasteiger partial charge < -0.3 is 20.7 Å². The highest BCUT2D eigenvalue weighted by molar-refractivity contribution is 5.77. The Morgan fingerprint density at radius 1 is 1.25 bits per heavy atom. The molecule has 24 heavy (non-hydrogen) atoms. The maximum absolute atomic E-state index is 5.99. The van der Waals surface area contributed by atoms with Gasteiger partial charge in [-0.2, -0.15) is 0 Å². The first kappa shape index (κ1) is 18.7. The molecule has 0 aliphatic carbocycles. The van der Waals surface area contributed by atoms with Crippen LogP contribution in [0.2, 0.25) is 0 Å². The van der Waals surface area contributed by atoms with E-state index in [2.05, 4.69) is 58.5 Å². The molecule has 0 bridgehead atoms. The first-order valence-corrected chi connectivity index (χ1v) is 8.70. The molecule has 0 unspecified atom stereocenters. The fraction of sp³-hybridized carbons (Fsp3) is 0.611. The Kier molecular flexibility index (Phi) is 8.01. The van der Waals surface area contributed by atoms with Gasteiger partial charge in [-0.25, -0.2) is 4.99 Å². The van der Waals surface area contributed by atoms with Gasteiger partial charge in [0, 0.05) is 26.2 Å². The van der Waals surface area contributed by atoms with Gasteiger partial charge in [0.05, 0.1) is 19.8 Å². The standard InChI is InChI=1S/C18H31N5O/c1-22(2)15-17-7-4-3-6-16(17)14-21-18(19)20-8-5-9-23-10-12-24-13-11-23/h3-4,6-7H,5,8-15H2,1-2H3,(H3,19,20,21). The molecular formula is C18H31N5O. The van der Waals surface area contributed by atoms with E-state index >= 15 is 0 Å². The molecule has 0 aromatic heterocycles. The zero-order valence-corrected chi connectivity index (χ0v) is 15.0. The number of rotatable bonds is 8. The monoisotopic (exact) mass is 333 g/mol. The van der Waals surface area contributed by atoms with E-state index < -0.39 is 0 Å². The minimum absolute atomic E-state index is 0.525. The maximum atomic E-state index is 5.99. The van der Waals surface area contributed by atoms with Crippen LogP contribution in [0.5, 0.6) is 0 Å². The summed E-state index contributed by atoms with van der Waals surface area (Å²) in [5.74, 6) is 0.525. The van der Waals surface area contributed by atoms with E-state index in [0.717, 1.165) is 52.4 Å². The molecule has 0 amide bonds. The topological polar surface area (TPSA) is 66.1 Å². The van der Waals surface area contributed by atoms with Crippen LogP contribution in [0.25, 0.3) is 0 Å². The van der Waals surface area contributed by atoms with Gasteiger partial charge in [-0.15, -0.1) is 0 Å². The summed E-state index contributed by atoms with van der Waals surface area (Å²) in [5.41, 5.74) is 8.51. The van der Waals surface area contributed by atoms with Crippen LogP contribution in [0.3, 0.4) is 0 Å². The van der Waals surface area contributed by atoms with Crippen molar-refractivity contribution >= 4 is 5.96 Å². The summed E-state index contributed by atoms with van der Waals surface area (Å²) in [6.07, 6.45) is 1.06. The van der Waals surface area contributed by atoms with Crippen LogP contribution in [0.15, 0.2) is 29.3 Å². The van der Waals surface area contributed by atoms with Crippen LogP contribution in [0.1, 0.15) is 17.5 Å². The van der Waals surface area contributed by atoms with E-state index in [-0.39, 0.29) is 0 Å². The number of nitrogens with zero attached hydrogens (tertiary/aromatic N) is 3. The average Bonchev–Trinajstić information content (AvgIpc) is 2.58. The molecule has 0 atom stereocenters. The molecule has 1 saturated heterocycles. The van der Waals surface area contributed by atoms with Gasteiger partial charge in [0.25, 0.3) is 0 Å². The van der Waals surface area contributed by atoms with Gasteiger partial charge in [-0.3, -0.25) is 4.90 Å². The van der Waals surface area contributed by atoms with E-state index in [4.69, 9.17) is 10.5 Å². The van der Waals surface area contributed by atoms with Crippen LogP contribution in [0, 0.1) is 0 Å². The van der Waals surface area contributed by atoms with Crippen LogP contribution in [0.4, 0.5) is 0 Å². The van der Waals surface area contributed by atoms with Crippen LogP contribution < -0.4 is 11.1 Å². The predicted molar refractivity (Wildman–Crippen MR) is 99.0 cm³/mol. The minimum atomic E-state index is 0.525. The molecule has 2 rings (SSSR count). The van der Waals surface area contributed by atoms with Crippen molar-refractivity contribution in [2.24, 2.45) is 10.7 Å². The Balaban J connectivity index is 1.71. The Hall–Kier alpha value is -1.63. The summed E-state index contributed by atoms with van der Waals surface area (Å²) in [5, 5.41) is 3.21. The summed E-state index contributed by atoms with van der Waals surface area (Å²) in [7, 11) is 4.15. The lowest BCUT2D eigenvalue weighted by atomic mass is 10.1. The Morgan fingerprint density at radius 3 is 2.67 bits per heavy atom. The van der Waals surface area contributed by atoms with Crippen LogP contribution in [-0.4, -0.2) is 69.2 Å². The summed E-state index contributed by atoms with van der Waals surface area (Å²) in [6, 6.07) is 8.39. The molecule has 0 spiro atoms. The van der Waals surface area contributed by atoms with E-state index in [9.17, 15) is 0 Å². The van der Waals surface area contributed by atoms with E-state index in [1.807, 2.05) is 0 Å². The smallest absolute Gasteiger partial charge is 0.188 e. The Bertz CT molecular complexity index is 512. The van der Waals surface area contributed by atoms with Crippen molar-refractivity contribution in [2.75, 3.05) is 53.5 Å². The molecule has 0 radical (unpaired) electrons. The van der Waals surface area contributed by atoms with Crippen molar-refractivity contribution in [2.45, 2.75) is 19.5 Å². The number of guanidine groups is 1. The summed E-state index contributed by atoms with van der Waals surface area (Å²) in [4.78, 5) is 9.07. The van der Waals surface area contributed by atoms with Gasteiger partial charge in [0.2, 0.25) is 0 Å². The molecule has 1 aromatic carbocycles. The number of nitrogens with one attached hydrogen (secondary N) is 1. The molecule has 1 aromatic rings. The van der Waals surface area contributed by atoms with Crippen molar-refractivity contribution in [3.63, 3.8) is 0 Å². The lowest BCUT2D eigenvalue weighted by Gasteiger charge is -2.26. The van der Waals surface area contributed by atoms with E-state index in [0.29, 0.717) is 12.5 Å². The quantitative estimate of drug-likeness (QED) is 0.420. The fourth-order valence-electron chi connectivity index (χ4n) is 2.78. The second-order valence-corrected chi connectivity index (χ2v) is 6.44. The molecule has 6 heteroatoms. The lowest BCUT2D eigenvalue weighted by Crippen LogP contribution is -2.39. The normalized spacial score (nSPS) is 16.5. The van der Waals surface area contributed by atoms with Crippen molar-refractivity contribution in [1.29, 1.82) is 0 Å². The maximum Gasteiger partial charge on any atom is 0.188 e. The SMILES string of the molecule is CN(C)Cc1ccccc1CN=C(N)NCCCN1CCOCC1. The third kappa shape index (κ3) is 6.86. The highest BCUT2D eigenvalue weighted by atomic mass is 16.5. The largest absolute Gasteiger partial charge is 0.379 e. The van der Waals surface area contributed by atoms with Gasteiger partial charge >= 0.3 is 0 Å². The summed E-state index contributed by atoms with van der Waals surface area (Å²) >= 11 is 0. The third-order valence-corrected chi connectivity index (χ3v) is 4.09. The highest BCUT2D eigenvalue weighted by Gasteiger charge is 2.09. The third-order valence-electron chi connectivity index (χ3n) is 4.09. The van der Waals surface area contributed by atoms with E-state index in [1.54, 1.807) is 0 Å². The number of hydrogen-bond donors (Lipinski definition) is 2. The van der Waals surface area contributed by atoms with Gasteiger partial charge in [0.1, 0.15) is 0 Å². The number of benzene rings is 1. The molecular weight excluding hydrogens is 302 g/mol. The first-order valence-electron chi connectivity index (χ1n) is 8.70. The lowest BCUT2D eigenvalue weighted by molar-refractivity contribution is 0.0376. The fourth-order valence-corrected chi connectivity index (χ4v) is 2.78. The Labute approximate surface area is 145 Å². The van der Waals surface area contributed by atoms with E-state index in [1.165, 1.54) is 11.1 Å². The number of ether oxygens (including phenoxy) is 1.